The monoisotopic (exact) mass is 498 g/mol. The molecule has 0 bridgehead atoms. The van der Waals surface area contributed by atoms with Crippen LogP contribution in [0.15, 0.2) is 72.8 Å². The van der Waals surface area contributed by atoms with Crippen molar-refractivity contribution in [2.45, 2.75) is 26.2 Å². The Labute approximate surface area is 205 Å². The molecule has 178 valence electrons. The minimum Gasteiger partial charge on any atom is -0.324 e. The number of nitrogens with one attached hydrogen (secondary N) is 1. The topological polar surface area (TPSA) is 83.6 Å². The number of rotatable bonds is 7. The van der Waals surface area contributed by atoms with Crippen LogP contribution < -0.4 is 9.62 Å². The van der Waals surface area contributed by atoms with E-state index in [-0.39, 0.29) is 11.2 Å². The first-order chi connectivity index (χ1) is 15.8. The molecule has 3 rings (SSSR count). The number of halogens is 1. The van der Waals surface area contributed by atoms with Crippen LogP contribution in [0.5, 0.6) is 0 Å². The Kier molecular flexibility index (Phi) is 7.48. The van der Waals surface area contributed by atoms with E-state index in [2.05, 4.69) is 26.1 Å². The number of hydrogen-bond donors (Lipinski definition) is 1. The maximum absolute atomic E-state index is 13.0. The third kappa shape index (κ3) is 6.46. The number of carbonyl (C=O) groups excluding carboxylic acids is 2. The number of benzene rings is 3. The van der Waals surface area contributed by atoms with E-state index in [4.69, 9.17) is 11.6 Å². The van der Waals surface area contributed by atoms with Gasteiger partial charge in [-0.05, 0) is 47.4 Å². The average molecular weight is 499 g/mol. The van der Waals surface area contributed by atoms with Crippen molar-refractivity contribution in [2.24, 2.45) is 0 Å². The van der Waals surface area contributed by atoms with E-state index in [0.717, 1.165) is 16.1 Å². The molecule has 0 heterocycles. The third-order valence-electron chi connectivity index (χ3n) is 5.22. The molecule has 1 N–H and O–H groups in total. The van der Waals surface area contributed by atoms with E-state index >= 15 is 0 Å². The zero-order valence-electron chi connectivity index (χ0n) is 19.5. The van der Waals surface area contributed by atoms with Crippen molar-refractivity contribution in [3.05, 3.63) is 94.5 Å². The van der Waals surface area contributed by atoms with Crippen LogP contribution >= 0.6 is 11.6 Å². The van der Waals surface area contributed by atoms with Gasteiger partial charge in [0.05, 0.1) is 11.9 Å². The van der Waals surface area contributed by atoms with E-state index in [0.29, 0.717) is 27.5 Å². The van der Waals surface area contributed by atoms with Gasteiger partial charge in [-0.25, -0.2) is 8.42 Å². The highest BCUT2D eigenvalue weighted by atomic mass is 35.5. The molecule has 0 aliphatic heterocycles. The van der Waals surface area contributed by atoms with Crippen LogP contribution in [0.1, 0.15) is 42.3 Å². The molecule has 8 heteroatoms. The van der Waals surface area contributed by atoms with E-state index in [1.165, 1.54) is 12.1 Å². The van der Waals surface area contributed by atoms with E-state index in [1.54, 1.807) is 48.5 Å². The Bertz CT molecular complexity index is 1300. The van der Waals surface area contributed by atoms with Gasteiger partial charge in [0, 0.05) is 21.8 Å². The van der Waals surface area contributed by atoms with Gasteiger partial charge in [0.25, 0.3) is 0 Å². The summed E-state index contributed by atoms with van der Waals surface area (Å²) in [5.41, 5.74) is 2.79. The van der Waals surface area contributed by atoms with Crippen LogP contribution in [0, 0.1) is 0 Å². The maximum atomic E-state index is 13.0. The Morgan fingerprint density at radius 2 is 1.53 bits per heavy atom. The van der Waals surface area contributed by atoms with E-state index in [9.17, 15) is 18.0 Å². The lowest BCUT2D eigenvalue weighted by Gasteiger charge is -2.22. The van der Waals surface area contributed by atoms with Crippen molar-refractivity contribution in [3.63, 3.8) is 0 Å². The summed E-state index contributed by atoms with van der Waals surface area (Å²) in [5, 5.41) is 3.13. The quantitative estimate of drug-likeness (QED) is 0.449. The maximum Gasteiger partial charge on any atom is 0.245 e. The highest BCUT2D eigenvalue weighted by Crippen LogP contribution is 2.24. The first kappa shape index (κ1) is 25.5. The minimum absolute atomic E-state index is 0.0162. The summed E-state index contributed by atoms with van der Waals surface area (Å²) >= 11 is 5.88. The lowest BCUT2D eigenvalue weighted by atomic mass is 9.86. The smallest absolute Gasteiger partial charge is 0.245 e. The zero-order chi connectivity index (χ0) is 25.1. The molecule has 34 heavy (non-hydrogen) atoms. The molecule has 3 aromatic carbocycles. The average Bonchev–Trinajstić information content (AvgIpc) is 2.77. The predicted molar refractivity (Wildman–Crippen MR) is 137 cm³/mol. The van der Waals surface area contributed by atoms with E-state index < -0.39 is 22.5 Å². The number of sulfonamides is 1. The standard InChI is InChI=1S/C26H27ClN2O4S/c1-26(2,3)20-10-8-18(9-11-20)25(31)19-6-5-7-22(16-19)28-24(30)17-29(34(4,32)33)23-14-12-21(27)13-15-23/h5-16H,17H2,1-4H3,(H,28,30). The fraction of sp³-hybridized carbons (Fsp3) is 0.231. The fourth-order valence-electron chi connectivity index (χ4n) is 3.36. The second-order valence-electron chi connectivity index (χ2n) is 9.03. The largest absolute Gasteiger partial charge is 0.324 e. The Morgan fingerprint density at radius 1 is 0.912 bits per heavy atom. The molecule has 3 aromatic rings. The van der Waals surface area contributed by atoms with Crippen LogP contribution in [0.4, 0.5) is 11.4 Å². The van der Waals surface area contributed by atoms with E-state index in [1.807, 2.05) is 12.1 Å². The van der Waals surface area contributed by atoms with Crippen molar-refractivity contribution in [1.82, 2.24) is 0 Å². The molecule has 0 unspecified atom stereocenters. The summed E-state index contributed by atoms with van der Waals surface area (Å²) in [7, 11) is -3.71. The van der Waals surface area contributed by atoms with Gasteiger partial charge in [0.1, 0.15) is 6.54 Å². The summed E-state index contributed by atoms with van der Waals surface area (Å²) in [4.78, 5) is 25.6. The van der Waals surface area contributed by atoms with Gasteiger partial charge >= 0.3 is 0 Å². The number of amides is 1. The summed E-state index contributed by atoms with van der Waals surface area (Å²) in [6.45, 7) is 5.89. The van der Waals surface area contributed by atoms with Crippen molar-refractivity contribution >= 4 is 44.7 Å². The molecule has 0 spiro atoms. The van der Waals surface area contributed by atoms with Gasteiger partial charge in [-0.2, -0.15) is 0 Å². The Morgan fingerprint density at radius 3 is 2.09 bits per heavy atom. The predicted octanol–water partition coefficient (Wildman–Crippen LogP) is 5.27. The molecule has 0 saturated carbocycles. The second-order valence-corrected chi connectivity index (χ2v) is 11.4. The molecule has 0 fully saturated rings. The van der Waals surface area contributed by atoms with Crippen LogP contribution in [-0.2, 0) is 20.2 Å². The highest BCUT2D eigenvalue weighted by molar-refractivity contribution is 7.92. The van der Waals surface area contributed by atoms with Gasteiger partial charge in [0.2, 0.25) is 15.9 Å². The molecule has 0 saturated heterocycles. The molecule has 0 radical (unpaired) electrons. The fourth-order valence-corrected chi connectivity index (χ4v) is 4.35. The molecule has 0 aliphatic rings. The van der Waals surface area contributed by atoms with Crippen molar-refractivity contribution in [3.8, 4) is 0 Å². The third-order valence-corrected chi connectivity index (χ3v) is 6.62. The first-order valence-corrected chi connectivity index (χ1v) is 12.9. The number of anilines is 2. The van der Waals surface area contributed by atoms with Gasteiger partial charge in [-0.1, -0.05) is 68.8 Å². The highest BCUT2D eigenvalue weighted by Gasteiger charge is 2.21. The molecule has 0 aliphatic carbocycles. The van der Waals surface area contributed by atoms with Crippen LogP contribution in [-0.4, -0.2) is 32.9 Å². The second kappa shape index (κ2) is 9.99. The van der Waals surface area contributed by atoms with Gasteiger partial charge in [0.15, 0.2) is 5.78 Å². The van der Waals surface area contributed by atoms with Crippen LogP contribution in [0.25, 0.3) is 0 Å². The summed E-state index contributed by atoms with van der Waals surface area (Å²) in [5.74, 6) is -0.713. The number of hydrogen-bond acceptors (Lipinski definition) is 4. The summed E-state index contributed by atoms with van der Waals surface area (Å²) < 4.78 is 25.5. The molecular formula is C26H27ClN2O4S. The molecular weight excluding hydrogens is 472 g/mol. The molecule has 1 amide bonds. The van der Waals surface area contributed by atoms with Crippen molar-refractivity contribution in [2.75, 3.05) is 22.4 Å². The molecule has 0 aromatic heterocycles. The molecule has 0 atom stereocenters. The van der Waals surface area contributed by atoms with Crippen LogP contribution in [0.3, 0.4) is 0 Å². The number of ketones is 1. The van der Waals surface area contributed by atoms with Crippen molar-refractivity contribution in [1.29, 1.82) is 0 Å². The Hall–Kier alpha value is -3.16. The first-order valence-electron chi connectivity index (χ1n) is 10.6. The van der Waals surface area contributed by atoms with Gasteiger partial charge in [-0.15, -0.1) is 0 Å². The van der Waals surface area contributed by atoms with Gasteiger partial charge in [-0.3, -0.25) is 13.9 Å². The SMILES string of the molecule is CC(C)(C)c1ccc(C(=O)c2cccc(NC(=O)CN(c3ccc(Cl)cc3)S(C)(=O)=O)c2)cc1. The van der Waals surface area contributed by atoms with Crippen LogP contribution in [0.2, 0.25) is 5.02 Å². The van der Waals surface area contributed by atoms with Gasteiger partial charge < -0.3 is 5.32 Å². The summed E-state index contributed by atoms with van der Waals surface area (Å²) in [6, 6.07) is 20.2. The number of carbonyl (C=O) groups is 2. The molecule has 6 nitrogen and oxygen atoms in total. The minimum atomic E-state index is -3.71. The lowest BCUT2D eigenvalue weighted by Crippen LogP contribution is -2.37. The Balaban J connectivity index is 1.75. The lowest BCUT2D eigenvalue weighted by molar-refractivity contribution is -0.114. The van der Waals surface area contributed by atoms with Crippen molar-refractivity contribution < 1.29 is 18.0 Å². The zero-order valence-corrected chi connectivity index (χ0v) is 21.1. The normalized spacial score (nSPS) is 11.7. The summed E-state index contributed by atoms with van der Waals surface area (Å²) in [6.07, 6.45) is 1.03. The number of nitrogens with zero attached hydrogens (tertiary/aromatic N) is 1.